The van der Waals surface area contributed by atoms with E-state index in [0.29, 0.717) is 17.7 Å². The first-order chi connectivity index (χ1) is 10.1. The molecule has 0 radical (unpaired) electrons. The van der Waals surface area contributed by atoms with Crippen molar-refractivity contribution in [3.05, 3.63) is 64.0 Å². The van der Waals surface area contributed by atoms with Crippen molar-refractivity contribution in [3.63, 3.8) is 0 Å². The molecule has 0 saturated carbocycles. The Balaban J connectivity index is 2.39. The van der Waals surface area contributed by atoms with Crippen molar-refractivity contribution in [1.29, 1.82) is 0 Å². The van der Waals surface area contributed by atoms with Gasteiger partial charge in [-0.1, -0.05) is 25.1 Å². The number of nitro groups is 1. The maximum Gasteiger partial charge on any atom is 0.270 e. The number of hydrogen-bond donors (Lipinski definition) is 1. The zero-order valence-electron chi connectivity index (χ0n) is 11.8. The Kier molecular flexibility index (Phi) is 5.00. The van der Waals surface area contributed by atoms with Crippen LogP contribution in [0.25, 0.3) is 11.1 Å². The van der Waals surface area contributed by atoms with E-state index >= 15 is 0 Å². The fourth-order valence-corrected chi connectivity index (χ4v) is 2.16. The highest BCUT2D eigenvalue weighted by Crippen LogP contribution is 2.27. The average Bonchev–Trinajstić information content (AvgIpc) is 2.49. The second-order valence-electron chi connectivity index (χ2n) is 4.79. The molecule has 0 amide bonds. The van der Waals surface area contributed by atoms with E-state index in [4.69, 9.17) is 0 Å². The molecule has 0 spiro atoms. The Morgan fingerprint density at radius 3 is 2.76 bits per heavy atom. The van der Waals surface area contributed by atoms with Gasteiger partial charge in [-0.05, 0) is 41.8 Å². The van der Waals surface area contributed by atoms with Gasteiger partial charge in [-0.2, -0.15) is 0 Å². The van der Waals surface area contributed by atoms with E-state index in [1.54, 1.807) is 18.2 Å². The maximum absolute atomic E-state index is 13.5. The Morgan fingerprint density at radius 1 is 1.24 bits per heavy atom. The molecule has 0 aliphatic heterocycles. The summed E-state index contributed by atoms with van der Waals surface area (Å²) in [6.07, 6.45) is 1.01. The number of benzene rings is 2. The molecule has 0 saturated heterocycles. The highest BCUT2D eigenvalue weighted by atomic mass is 19.1. The van der Waals surface area contributed by atoms with Crippen molar-refractivity contribution in [2.75, 3.05) is 6.54 Å². The monoisotopic (exact) mass is 288 g/mol. The van der Waals surface area contributed by atoms with Crippen LogP contribution in [0.5, 0.6) is 0 Å². The Morgan fingerprint density at radius 2 is 2.05 bits per heavy atom. The minimum absolute atomic E-state index is 0.00392. The number of nitrogens with one attached hydrogen (secondary N) is 1. The molecule has 5 heteroatoms. The van der Waals surface area contributed by atoms with Crippen molar-refractivity contribution in [2.24, 2.45) is 0 Å². The summed E-state index contributed by atoms with van der Waals surface area (Å²) in [6, 6.07) is 10.8. The number of non-ortho nitro benzene ring substituents is 1. The van der Waals surface area contributed by atoms with E-state index in [2.05, 4.69) is 12.2 Å². The summed E-state index contributed by atoms with van der Waals surface area (Å²) in [7, 11) is 0. The minimum Gasteiger partial charge on any atom is -0.313 e. The Hall–Kier alpha value is -2.27. The van der Waals surface area contributed by atoms with E-state index < -0.39 is 4.92 Å². The zero-order chi connectivity index (χ0) is 15.2. The van der Waals surface area contributed by atoms with Crippen LogP contribution >= 0.6 is 0 Å². The van der Waals surface area contributed by atoms with E-state index in [-0.39, 0.29) is 11.5 Å². The maximum atomic E-state index is 13.5. The molecule has 0 heterocycles. The number of hydrogen-bond acceptors (Lipinski definition) is 3. The predicted octanol–water partition coefficient (Wildman–Crippen LogP) is 3.90. The smallest absolute Gasteiger partial charge is 0.270 e. The highest BCUT2D eigenvalue weighted by molar-refractivity contribution is 5.69. The standard InChI is InChI=1S/C16H17FN2O2/c1-2-8-18-11-13-6-7-14(17)10-16(13)12-4-3-5-15(9-12)19(20)21/h3-7,9-10,18H,2,8,11H2,1H3. The van der Waals surface area contributed by atoms with Crippen LogP contribution in [0.3, 0.4) is 0 Å². The number of halogens is 1. The molecule has 0 unspecified atom stereocenters. The molecule has 0 aliphatic rings. The van der Waals surface area contributed by atoms with E-state index in [1.165, 1.54) is 24.3 Å². The third-order valence-electron chi connectivity index (χ3n) is 3.18. The highest BCUT2D eigenvalue weighted by Gasteiger charge is 2.11. The van der Waals surface area contributed by atoms with Crippen LogP contribution in [-0.2, 0) is 6.54 Å². The lowest BCUT2D eigenvalue weighted by atomic mass is 9.99. The summed E-state index contributed by atoms with van der Waals surface area (Å²) in [4.78, 5) is 10.4. The largest absolute Gasteiger partial charge is 0.313 e. The first kappa shape index (κ1) is 15.1. The first-order valence-corrected chi connectivity index (χ1v) is 6.85. The van der Waals surface area contributed by atoms with Crippen LogP contribution in [0.2, 0.25) is 0 Å². The Labute approximate surface area is 122 Å². The van der Waals surface area contributed by atoms with Crippen LogP contribution in [-0.4, -0.2) is 11.5 Å². The SMILES string of the molecule is CCCNCc1ccc(F)cc1-c1cccc([N+](=O)[O-])c1. The summed E-state index contributed by atoms with van der Waals surface area (Å²) < 4.78 is 13.5. The fourth-order valence-electron chi connectivity index (χ4n) is 2.16. The van der Waals surface area contributed by atoms with Gasteiger partial charge in [-0.3, -0.25) is 10.1 Å². The quantitative estimate of drug-likeness (QED) is 0.498. The molecule has 4 nitrogen and oxygen atoms in total. The molecule has 0 aromatic heterocycles. The van der Waals surface area contributed by atoms with Gasteiger partial charge in [0.2, 0.25) is 0 Å². The molecular formula is C16H17FN2O2. The lowest BCUT2D eigenvalue weighted by molar-refractivity contribution is -0.384. The van der Waals surface area contributed by atoms with Gasteiger partial charge in [0.25, 0.3) is 5.69 Å². The average molecular weight is 288 g/mol. The van der Waals surface area contributed by atoms with Gasteiger partial charge in [0.1, 0.15) is 5.82 Å². The molecule has 2 rings (SSSR count). The molecule has 0 aliphatic carbocycles. The van der Waals surface area contributed by atoms with Gasteiger partial charge in [0.15, 0.2) is 0 Å². The van der Waals surface area contributed by atoms with Gasteiger partial charge >= 0.3 is 0 Å². The second kappa shape index (κ2) is 6.95. The molecule has 2 aromatic carbocycles. The summed E-state index contributed by atoms with van der Waals surface area (Å²) in [5.74, 6) is -0.351. The molecule has 0 bridgehead atoms. The van der Waals surface area contributed by atoms with Crippen LogP contribution in [0, 0.1) is 15.9 Å². The third-order valence-corrected chi connectivity index (χ3v) is 3.18. The second-order valence-corrected chi connectivity index (χ2v) is 4.79. The number of rotatable bonds is 6. The van der Waals surface area contributed by atoms with Gasteiger partial charge in [0.05, 0.1) is 4.92 Å². The minimum atomic E-state index is -0.447. The van der Waals surface area contributed by atoms with Crippen molar-refractivity contribution < 1.29 is 9.31 Å². The molecule has 0 atom stereocenters. The van der Waals surface area contributed by atoms with Gasteiger partial charge in [-0.25, -0.2) is 4.39 Å². The van der Waals surface area contributed by atoms with E-state index in [1.807, 2.05) is 0 Å². The van der Waals surface area contributed by atoms with Crippen molar-refractivity contribution in [2.45, 2.75) is 19.9 Å². The Bertz CT molecular complexity index is 644. The third kappa shape index (κ3) is 3.86. The summed E-state index contributed by atoms with van der Waals surface area (Å²) in [5, 5.41) is 14.1. The summed E-state index contributed by atoms with van der Waals surface area (Å²) in [6.45, 7) is 3.54. The molecule has 1 N–H and O–H groups in total. The van der Waals surface area contributed by atoms with Gasteiger partial charge in [0, 0.05) is 18.7 Å². The molecule has 21 heavy (non-hydrogen) atoms. The van der Waals surface area contributed by atoms with Crippen molar-refractivity contribution in [3.8, 4) is 11.1 Å². The number of nitro benzene ring substituents is 1. The van der Waals surface area contributed by atoms with Crippen LogP contribution in [0.4, 0.5) is 10.1 Å². The van der Waals surface area contributed by atoms with Gasteiger partial charge < -0.3 is 5.32 Å². The lowest BCUT2D eigenvalue weighted by Gasteiger charge is -2.11. The lowest BCUT2D eigenvalue weighted by Crippen LogP contribution is -2.14. The first-order valence-electron chi connectivity index (χ1n) is 6.85. The summed E-state index contributed by atoms with van der Waals surface area (Å²) in [5.41, 5.74) is 2.26. The topological polar surface area (TPSA) is 55.2 Å². The molecule has 110 valence electrons. The molecule has 2 aromatic rings. The molecule has 0 fully saturated rings. The predicted molar refractivity (Wildman–Crippen MR) is 80.5 cm³/mol. The normalized spacial score (nSPS) is 10.6. The summed E-state index contributed by atoms with van der Waals surface area (Å²) >= 11 is 0. The molecular weight excluding hydrogens is 271 g/mol. The van der Waals surface area contributed by atoms with Crippen molar-refractivity contribution >= 4 is 5.69 Å². The zero-order valence-corrected chi connectivity index (χ0v) is 11.8. The van der Waals surface area contributed by atoms with Crippen molar-refractivity contribution in [1.82, 2.24) is 5.32 Å². The van der Waals surface area contributed by atoms with Crippen LogP contribution in [0.1, 0.15) is 18.9 Å². The van der Waals surface area contributed by atoms with Gasteiger partial charge in [-0.15, -0.1) is 0 Å². The fraction of sp³-hybridized carbons (Fsp3) is 0.250. The van der Waals surface area contributed by atoms with Crippen LogP contribution in [0.15, 0.2) is 42.5 Å². The van der Waals surface area contributed by atoms with Crippen LogP contribution < -0.4 is 5.32 Å². The van der Waals surface area contributed by atoms with E-state index in [9.17, 15) is 14.5 Å². The number of nitrogens with zero attached hydrogens (tertiary/aromatic N) is 1. The van der Waals surface area contributed by atoms with E-state index in [0.717, 1.165) is 18.5 Å².